The number of aliphatic hydroxyl groups excluding tert-OH is 1. The van der Waals surface area contributed by atoms with E-state index in [-0.39, 0.29) is 39.1 Å². The molecule has 0 aromatic carbocycles. The zero-order chi connectivity index (χ0) is 48.1. The van der Waals surface area contributed by atoms with Crippen molar-refractivity contribution in [2.75, 3.05) is 26.4 Å². The van der Waals surface area contributed by atoms with Gasteiger partial charge in [-0.25, -0.2) is 0 Å². The second kappa shape index (κ2) is 50.4. The highest BCUT2D eigenvalue weighted by Gasteiger charge is 2.35. The van der Waals surface area contributed by atoms with Crippen molar-refractivity contribution < 1.29 is 33.7 Å². The van der Waals surface area contributed by atoms with Crippen LogP contribution in [0, 0.1) is 5.41 Å². The van der Waals surface area contributed by atoms with E-state index in [0.717, 1.165) is 96.3 Å². The van der Waals surface area contributed by atoms with Gasteiger partial charge in [0, 0.05) is 19.3 Å². The monoisotopic (exact) mass is 917 g/mol. The summed E-state index contributed by atoms with van der Waals surface area (Å²) in [6.07, 6.45) is 67.9. The zero-order valence-corrected chi connectivity index (χ0v) is 42.3. The molecule has 0 bridgehead atoms. The molecule has 0 radical (unpaired) electrons. The van der Waals surface area contributed by atoms with Crippen LogP contribution in [-0.4, -0.2) is 49.4 Å². The standard InChI is InChI=1S/C59H96O7/c1-4-7-10-13-16-19-22-25-28-31-34-37-40-43-46-49-56(61)64-53-59(52-60,54-65-57(62)50-47-44-41-38-35-32-29-26-23-20-17-14-11-8-5-2)55-66-58(63)51-48-45-42-39-36-33-30-27-24-21-18-15-12-9-6-3/h16-21,25-30,34-39,60H,4-15,22-24,31-33,40-55H2,1-3H3/b19-16-,20-17-,21-18-,28-25-,29-26-,30-27-,37-34-,38-35-,39-36-. The quantitative estimate of drug-likeness (QED) is 0.0281. The first-order valence-corrected chi connectivity index (χ1v) is 26.4. The van der Waals surface area contributed by atoms with Crippen LogP contribution in [0.15, 0.2) is 109 Å². The molecule has 0 heterocycles. The number of carbonyl (C=O) groups excluding carboxylic acids is 3. The Morgan fingerprint density at radius 1 is 0.333 bits per heavy atom. The van der Waals surface area contributed by atoms with Crippen LogP contribution in [0.3, 0.4) is 0 Å². The number of esters is 3. The predicted octanol–water partition coefficient (Wildman–Crippen LogP) is 16.4. The average Bonchev–Trinajstić information content (AvgIpc) is 3.32. The largest absolute Gasteiger partial charge is 0.465 e. The topological polar surface area (TPSA) is 99.1 Å². The number of allylic oxidation sites excluding steroid dienone is 18. The fourth-order valence-electron chi connectivity index (χ4n) is 6.64. The summed E-state index contributed by atoms with van der Waals surface area (Å²) in [5.74, 6) is -1.18. The third kappa shape index (κ3) is 45.2. The van der Waals surface area contributed by atoms with Crippen LogP contribution >= 0.6 is 0 Å². The molecule has 1 N–H and O–H groups in total. The average molecular weight is 917 g/mol. The van der Waals surface area contributed by atoms with Crippen LogP contribution in [0.25, 0.3) is 0 Å². The van der Waals surface area contributed by atoms with Crippen LogP contribution in [0.2, 0.25) is 0 Å². The highest BCUT2D eigenvalue weighted by Crippen LogP contribution is 2.21. The molecular weight excluding hydrogens is 821 g/mol. The first-order valence-electron chi connectivity index (χ1n) is 26.4. The zero-order valence-electron chi connectivity index (χ0n) is 42.3. The van der Waals surface area contributed by atoms with Crippen molar-refractivity contribution in [3.05, 3.63) is 109 Å². The number of unbranched alkanes of at least 4 members (excludes halogenated alkanes) is 15. The molecule has 0 aliphatic heterocycles. The van der Waals surface area contributed by atoms with E-state index in [4.69, 9.17) is 14.2 Å². The molecule has 0 unspecified atom stereocenters. The molecule has 0 rings (SSSR count). The van der Waals surface area contributed by atoms with Crippen LogP contribution in [-0.2, 0) is 28.6 Å². The lowest BCUT2D eigenvalue weighted by molar-refractivity contribution is -0.165. The SMILES string of the molecule is CCCCC/C=C\C/C=C\C/C=C\CCCCC(=O)OCC(CO)(COC(=O)CCCC/C=C\C/C=C\C/C=C\CCCCC)COC(=O)CCCC/C=C\C/C=C\C/C=C\CCCCC. The van der Waals surface area contributed by atoms with Gasteiger partial charge in [-0.3, -0.25) is 14.4 Å². The van der Waals surface area contributed by atoms with Gasteiger partial charge in [0.2, 0.25) is 0 Å². The summed E-state index contributed by atoms with van der Waals surface area (Å²) >= 11 is 0. The minimum Gasteiger partial charge on any atom is -0.465 e. The minimum absolute atomic E-state index is 0.216. The normalized spacial score (nSPS) is 12.7. The molecule has 0 fully saturated rings. The molecule has 0 saturated carbocycles. The summed E-state index contributed by atoms with van der Waals surface area (Å²) in [5.41, 5.74) is -1.25. The van der Waals surface area contributed by atoms with Gasteiger partial charge in [0.15, 0.2) is 0 Å². The molecule has 0 atom stereocenters. The minimum atomic E-state index is -1.25. The Morgan fingerprint density at radius 3 is 0.758 bits per heavy atom. The Balaban J connectivity index is 4.83. The number of carbonyl (C=O) groups is 3. The van der Waals surface area contributed by atoms with E-state index in [2.05, 4.69) is 130 Å². The fraction of sp³-hybridized carbons (Fsp3) is 0.644. The molecule has 0 aliphatic rings. The van der Waals surface area contributed by atoms with E-state index in [1.807, 2.05) is 0 Å². The molecule has 0 spiro atoms. The van der Waals surface area contributed by atoms with Crippen LogP contribution in [0.1, 0.15) is 213 Å². The number of ether oxygens (including phenoxy) is 3. The van der Waals surface area contributed by atoms with Gasteiger partial charge in [-0.15, -0.1) is 0 Å². The summed E-state index contributed by atoms with van der Waals surface area (Å²) in [5, 5.41) is 10.5. The summed E-state index contributed by atoms with van der Waals surface area (Å²) < 4.78 is 16.9. The van der Waals surface area contributed by atoms with E-state index in [9.17, 15) is 19.5 Å². The summed E-state index contributed by atoms with van der Waals surface area (Å²) in [7, 11) is 0. The number of aliphatic hydroxyl groups is 1. The van der Waals surface area contributed by atoms with Gasteiger partial charge in [-0.05, 0) is 135 Å². The Morgan fingerprint density at radius 2 is 0.545 bits per heavy atom. The highest BCUT2D eigenvalue weighted by atomic mass is 16.6. The van der Waals surface area contributed by atoms with Crippen LogP contribution in [0.5, 0.6) is 0 Å². The van der Waals surface area contributed by atoms with Crippen molar-refractivity contribution in [3.63, 3.8) is 0 Å². The number of rotatable bonds is 46. The molecule has 66 heavy (non-hydrogen) atoms. The van der Waals surface area contributed by atoms with E-state index in [1.54, 1.807) is 0 Å². The van der Waals surface area contributed by atoms with Gasteiger partial charge >= 0.3 is 17.9 Å². The Labute approximate surface area is 404 Å². The molecule has 0 aromatic rings. The predicted molar refractivity (Wildman–Crippen MR) is 280 cm³/mol. The Hall–Kier alpha value is -3.97. The van der Waals surface area contributed by atoms with Gasteiger partial charge in [0.25, 0.3) is 0 Å². The summed E-state index contributed by atoms with van der Waals surface area (Å²) in [6.45, 7) is 5.55. The first-order chi connectivity index (χ1) is 32.4. The fourth-order valence-corrected chi connectivity index (χ4v) is 6.64. The van der Waals surface area contributed by atoms with E-state index < -0.39 is 29.9 Å². The van der Waals surface area contributed by atoms with Crippen molar-refractivity contribution in [1.29, 1.82) is 0 Å². The van der Waals surface area contributed by atoms with Gasteiger partial charge in [0.1, 0.15) is 19.8 Å². The first kappa shape index (κ1) is 62.0. The van der Waals surface area contributed by atoms with Crippen molar-refractivity contribution >= 4 is 17.9 Å². The molecule has 7 nitrogen and oxygen atoms in total. The second-order valence-corrected chi connectivity index (χ2v) is 17.5. The highest BCUT2D eigenvalue weighted by molar-refractivity contribution is 5.70. The summed E-state index contributed by atoms with van der Waals surface area (Å²) in [4.78, 5) is 38.3. The molecule has 0 aromatic heterocycles. The molecule has 0 aliphatic carbocycles. The molecule has 0 amide bonds. The van der Waals surface area contributed by atoms with E-state index in [1.165, 1.54) is 57.8 Å². The van der Waals surface area contributed by atoms with E-state index in [0.29, 0.717) is 19.3 Å². The summed E-state index contributed by atoms with van der Waals surface area (Å²) in [6, 6.07) is 0. The van der Waals surface area contributed by atoms with Gasteiger partial charge in [-0.2, -0.15) is 0 Å². The lowest BCUT2D eigenvalue weighted by Crippen LogP contribution is -2.42. The second-order valence-electron chi connectivity index (χ2n) is 17.5. The Kier molecular flexibility index (Phi) is 47.4. The smallest absolute Gasteiger partial charge is 0.305 e. The molecule has 7 heteroatoms. The van der Waals surface area contributed by atoms with Crippen molar-refractivity contribution in [2.24, 2.45) is 5.41 Å². The molecule has 0 saturated heterocycles. The van der Waals surface area contributed by atoms with Gasteiger partial charge in [-0.1, -0.05) is 169 Å². The number of hydrogen-bond acceptors (Lipinski definition) is 7. The van der Waals surface area contributed by atoms with Crippen molar-refractivity contribution in [3.8, 4) is 0 Å². The maximum Gasteiger partial charge on any atom is 0.305 e. The maximum absolute atomic E-state index is 12.8. The Bertz CT molecular complexity index is 1240. The van der Waals surface area contributed by atoms with Crippen molar-refractivity contribution in [1.82, 2.24) is 0 Å². The molecular formula is C59H96O7. The van der Waals surface area contributed by atoms with Gasteiger partial charge < -0.3 is 19.3 Å². The van der Waals surface area contributed by atoms with Gasteiger partial charge in [0.05, 0.1) is 12.0 Å². The molecule has 374 valence electrons. The van der Waals surface area contributed by atoms with Crippen LogP contribution in [0.4, 0.5) is 0 Å². The number of hydrogen-bond donors (Lipinski definition) is 1. The van der Waals surface area contributed by atoms with E-state index >= 15 is 0 Å². The lowest BCUT2D eigenvalue weighted by Gasteiger charge is -2.30. The van der Waals surface area contributed by atoms with Crippen molar-refractivity contribution in [2.45, 2.75) is 213 Å². The lowest BCUT2D eigenvalue weighted by atomic mass is 9.92. The van der Waals surface area contributed by atoms with Crippen LogP contribution < -0.4 is 0 Å². The maximum atomic E-state index is 12.8. The third-order valence-corrected chi connectivity index (χ3v) is 11.0. The third-order valence-electron chi connectivity index (χ3n) is 11.0.